The lowest BCUT2D eigenvalue weighted by Gasteiger charge is -2.31. The van der Waals surface area contributed by atoms with Gasteiger partial charge in [0.15, 0.2) is 0 Å². The predicted octanol–water partition coefficient (Wildman–Crippen LogP) is 2.66. The minimum Gasteiger partial charge on any atom is -0.376 e. The van der Waals surface area contributed by atoms with E-state index in [9.17, 15) is 4.79 Å². The molecule has 0 spiro atoms. The summed E-state index contributed by atoms with van der Waals surface area (Å²) < 4.78 is 5.88. The molecule has 2 aromatic heterocycles. The molecule has 1 aliphatic carbocycles. The van der Waals surface area contributed by atoms with E-state index in [0.29, 0.717) is 24.1 Å². The quantitative estimate of drug-likeness (QED) is 0.505. The Morgan fingerprint density at radius 1 is 1.26 bits per heavy atom. The van der Waals surface area contributed by atoms with Crippen molar-refractivity contribution < 1.29 is 9.53 Å². The molecule has 1 amide bonds. The van der Waals surface area contributed by atoms with Crippen LogP contribution in [0.15, 0.2) is 42.9 Å². The van der Waals surface area contributed by atoms with E-state index in [4.69, 9.17) is 10.5 Å². The van der Waals surface area contributed by atoms with Crippen LogP contribution in [0.2, 0.25) is 0 Å². The van der Waals surface area contributed by atoms with Gasteiger partial charge >= 0.3 is 0 Å². The molecule has 2 atom stereocenters. The lowest BCUT2D eigenvalue weighted by Crippen LogP contribution is -2.39. The van der Waals surface area contributed by atoms with Crippen molar-refractivity contribution in [3.05, 3.63) is 48.4 Å². The molecule has 0 radical (unpaired) electrons. The molecule has 1 aliphatic rings. The highest BCUT2D eigenvalue weighted by molar-refractivity contribution is 5.98. The van der Waals surface area contributed by atoms with Gasteiger partial charge in [0, 0.05) is 18.5 Å². The monoisotopic (exact) mass is 422 g/mol. The van der Waals surface area contributed by atoms with Crippen LogP contribution in [0.4, 0.5) is 17.5 Å². The van der Waals surface area contributed by atoms with Gasteiger partial charge in [0.2, 0.25) is 5.95 Å². The summed E-state index contributed by atoms with van der Waals surface area (Å²) in [6.07, 6.45) is 9.03. The van der Waals surface area contributed by atoms with Crippen LogP contribution in [0.5, 0.6) is 0 Å². The molecule has 0 unspecified atom stereocenters. The molecular formula is C21H26N8O2. The fourth-order valence-corrected chi connectivity index (χ4v) is 3.76. The second kappa shape index (κ2) is 9.52. The van der Waals surface area contributed by atoms with Crippen LogP contribution >= 0.6 is 0 Å². The molecule has 3 aromatic rings. The largest absolute Gasteiger partial charge is 0.376 e. The van der Waals surface area contributed by atoms with Crippen molar-refractivity contribution >= 4 is 23.4 Å². The Kier molecular flexibility index (Phi) is 6.37. The summed E-state index contributed by atoms with van der Waals surface area (Å²) >= 11 is 0. The van der Waals surface area contributed by atoms with Crippen LogP contribution in [-0.2, 0) is 4.74 Å². The van der Waals surface area contributed by atoms with Gasteiger partial charge in [0.25, 0.3) is 5.91 Å². The highest BCUT2D eigenvalue weighted by Gasteiger charge is 2.26. The second-order valence-corrected chi connectivity index (χ2v) is 7.34. The Balaban J connectivity index is 1.58. The van der Waals surface area contributed by atoms with Gasteiger partial charge in [-0.1, -0.05) is 18.9 Å². The molecule has 10 nitrogen and oxygen atoms in total. The summed E-state index contributed by atoms with van der Waals surface area (Å²) in [6, 6.07) is 7.57. The topological polar surface area (TPSA) is 133 Å². The molecule has 10 heteroatoms. The number of ether oxygens (including phenoxy) is 1. The number of nitrogens with two attached hydrogens (primary N) is 1. The zero-order chi connectivity index (χ0) is 21.6. The number of primary amides is 1. The fraction of sp³-hybridized carbons (Fsp3) is 0.381. The first-order chi connectivity index (χ1) is 15.1. The van der Waals surface area contributed by atoms with E-state index in [-0.39, 0.29) is 17.7 Å². The average Bonchev–Trinajstić information content (AvgIpc) is 3.31. The average molecular weight is 422 g/mol. The second-order valence-electron chi connectivity index (χ2n) is 7.34. The van der Waals surface area contributed by atoms with E-state index in [1.165, 1.54) is 11.0 Å². The minimum absolute atomic E-state index is 0.118. The van der Waals surface area contributed by atoms with Gasteiger partial charge in [-0.25, -0.2) is 4.98 Å². The molecule has 1 aromatic carbocycles. The number of hydrogen-bond acceptors (Lipinski definition) is 8. The predicted molar refractivity (Wildman–Crippen MR) is 116 cm³/mol. The lowest BCUT2D eigenvalue weighted by atomic mass is 9.92. The summed E-state index contributed by atoms with van der Waals surface area (Å²) in [5.74, 6) is 0.150. The molecule has 0 bridgehead atoms. The van der Waals surface area contributed by atoms with Crippen LogP contribution in [0.25, 0.3) is 5.69 Å². The zero-order valence-corrected chi connectivity index (χ0v) is 17.4. The van der Waals surface area contributed by atoms with Crippen LogP contribution in [0.3, 0.4) is 0 Å². The zero-order valence-electron chi connectivity index (χ0n) is 17.4. The van der Waals surface area contributed by atoms with E-state index in [1.807, 2.05) is 31.2 Å². The number of rotatable bonds is 8. The van der Waals surface area contributed by atoms with Crippen molar-refractivity contribution in [2.24, 2.45) is 5.73 Å². The summed E-state index contributed by atoms with van der Waals surface area (Å²) in [5.41, 5.74) is 7.24. The third-order valence-electron chi connectivity index (χ3n) is 5.21. The third kappa shape index (κ3) is 4.97. The van der Waals surface area contributed by atoms with Gasteiger partial charge < -0.3 is 21.1 Å². The van der Waals surface area contributed by atoms with Crippen molar-refractivity contribution in [2.75, 3.05) is 17.2 Å². The molecule has 1 fully saturated rings. The summed E-state index contributed by atoms with van der Waals surface area (Å²) in [4.78, 5) is 22.3. The van der Waals surface area contributed by atoms with Gasteiger partial charge in [-0.05, 0) is 38.0 Å². The first-order valence-corrected chi connectivity index (χ1v) is 10.4. The minimum atomic E-state index is -0.608. The normalized spacial score (nSPS) is 18.5. The number of hydrogen-bond donors (Lipinski definition) is 3. The van der Waals surface area contributed by atoms with Gasteiger partial charge in [0.1, 0.15) is 11.4 Å². The molecule has 2 heterocycles. The number of carbonyl (C=O) groups is 1. The number of nitrogens with zero attached hydrogens (tertiary/aromatic N) is 5. The number of amides is 1. The maximum absolute atomic E-state index is 11.9. The van der Waals surface area contributed by atoms with Gasteiger partial charge in [0.05, 0.1) is 30.2 Å². The third-order valence-corrected chi connectivity index (χ3v) is 5.21. The van der Waals surface area contributed by atoms with Gasteiger partial charge in [-0.2, -0.15) is 20.0 Å². The Morgan fingerprint density at radius 3 is 2.84 bits per heavy atom. The molecular weight excluding hydrogens is 396 g/mol. The van der Waals surface area contributed by atoms with E-state index in [2.05, 4.69) is 30.8 Å². The summed E-state index contributed by atoms with van der Waals surface area (Å²) in [7, 11) is 0. The standard InChI is InChI=1S/C21H26N8O2/c1-2-31-18-9-4-3-8-17(18)27-21-23-13-16(19(22)30)20(28-21)26-14-6-5-7-15(12-14)29-24-10-11-25-29/h5-7,10-13,17-18H,2-4,8-9H2,1H3,(H2,22,30)(H2,23,26,27,28)/t17-,18+/m1/s1. The summed E-state index contributed by atoms with van der Waals surface area (Å²) in [6.45, 7) is 2.66. The van der Waals surface area contributed by atoms with Crippen molar-refractivity contribution in [1.29, 1.82) is 0 Å². The molecule has 0 aliphatic heterocycles. The molecule has 0 saturated heterocycles. The SMILES string of the molecule is CCO[C@H]1CCCC[C@H]1Nc1ncc(C(N)=O)c(Nc2cccc(-n3nccn3)c2)n1. The van der Waals surface area contributed by atoms with Crippen LogP contribution < -0.4 is 16.4 Å². The molecule has 4 rings (SSSR count). The Bertz CT molecular complexity index is 1020. The molecule has 162 valence electrons. The summed E-state index contributed by atoms with van der Waals surface area (Å²) in [5, 5.41) is 14.8. The smallest absolute Gasteiger partial charge is 0.254 e. The number of nitrogens with one attached hydrogen (secondary N) is 2. The maximum Gasteiger partial charge on any atom is 0.254 e. The number of carbonyl (C=O) groups excluding carboxylic acids is 1. The number of aromatic nitrogens is 5. The van der Waals surface area contributed by atoms with Crippen molar-refractivity contribution in [1.82, 2.24) is 25.0 Å². The molecule has 4 N–H and O–H groups in total. The van der Waals surface area contributed by atoms with Crippen LogP contribution in [0, 0.1) is 0 Å². The van der Waals surface area contributed by atoms with E-state index >= 15 is 0 Å². The first kappa shape index (κ1) is 20.7. The Morgan fingerprint density at radius 2 is 2.06 bits per heavy atom. The van der Waals surface area contributed by atoms with E-state index in [1.54, 1.807) is 12.4 Å². The maximum atomic E-state index is 11.9. The van der Waals surface area contributed by atoms with Crippen molar-refractivity contribution in [2.45, 2.75) is 44.8 Å². The van der Waals surface area contributed by atoms with Gasteiger partial charge in [-0.15, -0.1) is 0 Å². The Labute approximate surface area is 180 Å². The van der Waals surface area contributed by atoms with E-state index < -0.39 is 5.91 Å². The Hall–Kier alpha value is -3.53. The van der Waals surface area contributed by atoms with Crippen molar-refractivity contribution in [3.63, 3.8) is 0 Å². The van der Waals surface area contributed by atoms with Crippen LogP contribution in [-0.4, -0.2) is 49.6 Å². The van der Waals surface area contributed by atoms with Gasteiger partial charge in [-0.3, -0.25) is 4.79 Å². The highest BCUT2D eigenvalue weighted by Crippen LogP contribution is 2.25. The fourth-order valence-electron chi connectivity index (χ4n) is 3.76. The highest BCUT2D eigenvalue weighted by atomic mass is 16.5. The first-order valence-electron chi connectivity index (χ1n) is 10.4. The molecule has 31 heavy (non-hydrogen) atoms. The molecule has 1 saturated carbocycles. The van der Waals surface area contributed by atoms with Crippen molar-refractivity contribution in [3.8, 4) is 5.69 Å². The van der Waals surface area contributed by atoms with Crippen LogP contribution in [0.1, 0.15) is 43.0 Å². The lowest BCUT2D eigenvalue weighted by molar-refractivity contribution is 0.0279. The number of anilines is 3. The number of benzene rings is 1. The van der Waals surface area contributed by atoms with E-state index in [0.717, 1.165) is 31.4 Å².